The van der Waals surface area contributed by atoms with E-state index in [2.05, 4.69) is 15.2 Å². The van der Waals surface area contributed by atoms with Crippen molar-refractivity contribution >= 4 is 5.91 Å². The number of primary amides is 1. The largest absolute Gasteiger partial charge is 0.369 e. The predicted octanol–water partition coefficient (Wildman–Crippen LogP) is -0.180. The Hall–Kier alpha value is -1.43. The van der Waals surface area contributed by atoms with E-state index in [-0.39, 0.29) is 12.3 Å². The van der Waals surface area contributed by atoms with Gasteiger partial charge in [-0.05, 0) is 39.3 Å². The molecule has 6 heteroatoms. The summed E-state index contributed by atoms with van der Waals surface area (Å²) in [6, 6.07) is 0. The van der Waals surface area contributed by atoms with Crippen molar-refractivity contribution in [1.29, 1.82) is 0 Å². The number of rotatable bonds is 7. The van der Waals surface area contributed by atoms with E-state index in [1.807, 2.05) is 18.8 Å². The average molecular weight is 251 g/mol. The van der Waals surface area contributed by atoms with Crippen LogP contribution in [0.15, 0.2) is 0 Å². The molecule has 1 saturated carbocycles. The molecule has 1 amide bonds. The lowest BCUT2D eigenvalue weighted by molar-refractivity contribution is -0.117. The predicted molar refractivity (Wildman–Crippen MR) is 67.9 cm³/mol. The number of hydrogen-bond acceptors (Lipinski definition) is 4. The van der Waals surface area contributed by atoms with Crippen molar-refractivity contribution < 1.29 is 4.79 Å². The first-order valence-electron chi connectivity index (χ1n) is 6.40. The van der Waals surface area contributed by atoms with Gasteiger partial charge in [0.2, 0.25) is 5.91 Å². The van der Waals surface area contributed by atoms with Gasteiger partial charge in [-0.2, -0.15) is 0 Å². The Kier molecular flexibility index (Phi) is 3.96. The highest BCUT2D eigenvalue weighted by Gasteiger charge is 2.26. The number of likely N-dealkylation sites (N-methyl/N-ethyl adjacent to an activating group) is 1. The number of carbonyl (C=O) groups is 1. The Morgan fingerprint density at radius 1 is 1.50 bits per heavy atom. The van der Waals surface area contributed by atoms with E-state index < -0.39 is 0 Å². The van der Waals surface area contributed by atoms with Crippen molar-refractivity contribution in [3.63, 3.8) is 0 Å². The highest BCUT2D eigenvalue weighted by molar-refractivity contribution is 5.76. The maximum atomic E-state index is 11.0. The summed E-state index contributed by atoms with van der Waals surface area (Å²) in [4.78, 5) is 13.1. The molecule has 100 valence electrons. The Morgan fingerprint density at radius 2 is 2.22 bits per heavy atom. The maximum absolute atomic E-state index is 11.0. The monoisotopic (exact) mass is 251 g/mol. The molecule has 1 heterocycles. The quantitative estimate of drug-likeness (QED) is 0.729. The molecule has 2 rings (SSSR count). The van der Waals surface area contributed by atoms with Crippen molar-refractivity contribution in [3.8, 4) is 0 Å². The summed E-state index contributed by atoms with van der Waals surface area (Å²) in [5.41, 5.74) is 7.10. The molecule has 0 aromatic carbocycles. The molecule has 18 heavy (non-hydrogen) atoms. The SMILES string of the molecule is CN(C)CCn1nnc(CC(N)=O)c1CC1CC1. The van der Waals surface area contributed by atoms with Crippen LogP contribution in [0.3, 0.4) is 0 Å². The fourth-order valence-electron chi connectivity index (χ4n) is 1.96. The fraction of sp³-hybridized carbons (Fsp3) is 0.750. The summed E-state index contributed by atoms with van der Waals surface area (Å²) in [7, 11) is 4.06. The van der Waals surface area contributed by atoms with E-state index in [9.17, 15) is 4.79 Å². The highest BCUT2D eigenvalue weighted by Crippen LogP contribution is 2.33. The molecule has 0 atom stereocenters. The molecule has 1 aliphatic rings. The van der Waals surface area contributed by atoms with Crippen LogP contribution >= 0.6 is 0 Å². The molecule has 0 aliphatic heterocycles. The maximum Gasteiger partial charge on any atom is 0.223 e. The molecule has 6 nitrogen and oxygen atoms in total. The van der Waals surface area contributed by atoms with Crippen molar-refractivity contribution in [2.75, 3.05) is 20.6 Å². The minimum atomic E-state index is -0.341. The van der Waals surface area contributed by atoms with Crippen LogP contribution in [0.4, 0.5) is 0 Å². The smallest absolute Gasteiger partial charge is 0.223 e. The number of nitrogens with zero attached hydrogens (tertiary/aromatic N) is 4. The molecule has 1 fully saturated rings. The summed E-state index contributed by atoms with van der Waals surface area (Å²) in [5, 5.41) is 8.26. The van der Waals surface area contributed by atoms with Crippen LogP contribution in [-0.2, 0) is 24.2 Å². The number of carbonyl (C=O) groups excluding carboxylic acids is 1. The van der Waals surface area contributed by atoms with Crippen LogP contribution in [-0.4, -0.2) is 46.4 Å². The van der Waals surface area contributed by atoms with Crippen LogP contribution in [0, 0.1) is 5.92 Å². The van der Waals surface area contributed by atoms with Crippen LogP contribution in [0.25, 0.3) is 0 Å². The van der Waals surface area contributed by atoms with Gasteiger partial charge in [0, 0.05) is 6.54 Å². The summed E-state index contributed by atoms with van der Waals surface area (Å²) in [6.45, 7) is 1.72. The van der Waals surface area contributed by atoms with E-state index in [0.717, 1.165) is 36.8 Å². The summed E-state index contributed by atoms with van der Waals surface area (Å²) < 4.78 is 1.93. The molecule has 2 N–H and O–H groups in total. The van der Waals surface area contributed by atoms with Crippen molar-refractivity contribution in [3.05, 3.63) is 11.4 Å². The minimum absolute atomic E-state index is 0.198. The summed E-state index contributed by atoms with van der Waals surface area (Å²) in [6.07, 6.45) is 3.72. The molecule has 1 aromatic heterocycles. The second-order valence-electron chi connectivity index (χ2n) is 5.30. The second kappa shape index (κ2) is 5.48. The third kappa shape index (κ3) is 3.53. The van der Waals surface area contributed by atoms with E-state index in [1.165, 1.54) is 12.8 Å². The third-order valence-corrected chi connectivity index (χ3v) is 3.20. The Labute approximate surface area is 107 Å². The summed E-state index contributed by atoms with van der Waals surface area (Å²) >= 11 is 0. The third-order valence-electron chi connectivity index (χ3n) is 3.20. The Morgan fingerprint density at radius 3 is 2.78 bits per heavy atom. The van der Waals surface area contributed by atoms with Crippen molar-refractivity contribution in [2.45, 2.75) is 32.2 Å². The zero-order valence-corrected chi connectivity index (χ0v) is 11.1. The van der Waals surface area contributed by atoms with E-state index >= 15 is 0 Å². The normalized spacial score (nSPS) is 15.3. The Balaban J connectivity index is 2.10. The van der Waals surface area contributed by atoms with Crippen LogP contribution in [0.1, 0.15) is 24.2 Å². The lowest BCUT2D eigenvalue weighted by Crippen LogP contribution is -2.21. The molecule has 0 spiro atoms. The highest BCUT2D eigenvalue weighted by atomic mass is 16.1. The minimum Gasteiger partial charge on any atom is -0.369 e. The van der Waals surface area contributed by atoms with Gasteiger partial charge < -0.3 is 10.6 Å². The fourth-order valence-corrected chi connectivity index (χ4v) is 1.96. The molecule has 0 bridgehead atoms. The van der Waals surface area contributed by atoms with Crippen molar-refractivity contribution in [1.82, 2.24) is 19.9 Å². The van der Waals surface area contributed by atoms with Gasteiger partial charge in [0.1, 0.15) is 0 Å². The van der Waals surface area contributed by atoms with Gasteiger partial charge >= 0.3 is 0 Å². The molecular weight excluding hydrogens is 230 g/mol. The van der Waals surface area contributed by atoms with Gasteiger partial charge in [-0.15, -0.1) is 5.10 Å². The molecule has 0 unspecified atom stereocenters. The lowest BCUT2D eigenvalue weighted by atomic mass is 10.1. The topological polar surface area (TPSA) is 77.0 Å². The number of hydrogen-bond donors (Lipinski definition) is 1. The van der Waals surface area contributed by atoms with Gasteiger partial charge in [-0.1, -0.05) is 5.21 Å². The molecular formula is C12H21N5O. The Bertz CT molecular complexity index is 422. The van der Waals surface area contributed by atoms with Crippen LogP contribution < -0.4 is 5.73 Å². The van der Waals surface area contributed by atoms with Crippen LogP contribution in [0.5, 0.6) is 0 Å². The lowest BCUT2D eigenvalue weighted by Gasteiger charge is -2.11. The van der Waals surface area contributed by atoms with E-state index in [4.69, 9.17) is 5.73 Å². The first kappa shape index (κ1) is 13.0. The van der Waals surface area contributed by atoms with E-state index in [0.29, 0.717) is 0 Å². The van der Waals surface area contributed by atoms with Gasteiger partial charge in [-0.25, -0.2) is 4.68 Å². The molecule has 0 saturated heterocycles. The second-order valence-corrected chi connectivity index (χ2v) is 5.30. The van der Waals surface area contributed by atoms with Gasteiger partial charge in [0.25, 0.3) is 0 Å². The van der Waals surface area contributed by atoms with E-state index in [1.54, 1.807) is 0 Å². The molecule has 1 aliphatic carbocycles. The summed E-state index contributed by atoms with van der Waals surface area (Å²) in [5.74, 6) is 0.403. The van der Waals surface area contributed by atoms with Gasteiger partial charge in [0.05, 0.1) is 24.4 Å². The zero-order valence-electron chi connectivity index (χ0n) is 11.1. The standard InChI is InChI=1S/C12H21N5O/c1-16(2)5-6-17-11(7-9-3-4-9)10(14-15-17)8-12(13)18/h9H,3-8H2,1-2H3,(H2,13,18). The zero-order chi connectivity index (χ0) is 13.1. The number of aromatic nitrogens is 3. The molecule has 1 aromatic rings. The number of amides is 1. The number of nitrogens with two attached hydrogens (primary N) is 1. The van der Waals surface area contributed by atoms with Gasteiger partial charge in [-0.3, -0.25) is 4.79 Å². The first-order valence-corrected chi connectivity index (χ1v) is 6.40. The molecule has 0 radical (unpaired) electrons. The van der Waals surface area contributed by atoms with Crippen LogP contribution in [0.2, 0.25) is 0 Å². The van der Waals surface area contributed by atoms with Crippen molar-refractivity contribution in [2.24, 2.45) is 11.7 Å². The average Bonchev–Trinajstić information content (AvgIpc) is 3.01. The van der Waals surface area contributed by atoms with Gasteiger partial charge in [0.15, 0.2) is 0 Å². The first-order chi connectivity index (χ1) is 8.56.